The number of hydrogen-bond donors (Lipinski definition) is 0. The normalized spacial score (nSPS) is 18.4. The van der Waals surface area contributed by atoms with Crippen LogP contribution in [0.15, 0.2) is 24.5 Å². The molecule has 0 saturated carbocycles. The standard InChI is InChI=1S/C12H15N3O/c13-4-2-6-15(9-12-10-16-12)8-11-3-1-5-14-7-11/h1,3,5,7,12H,2,6,8-10H2. The van der Waals surface area contributed by atoms with Gasteiger partial charge in [0, 0.05) is 38.4 Å². The number of aromatic nitrogens is 1. The Labute approximate surface area is 95.5 Å². The van der Waals surface area contributed by atoms with Crippen LogP contribution in [0.3, 0.4) is 0 Å². The summed E-state index contributed by atoms with van der Waals surface area (Å²) in [5, 5.41) is 8.61. The average Bonchev–Trinajstić information content (AvgIpc) is 3.11. The fourth-order valence-corrected chi connectivity index (χ4v) is 1.65. The van der Waals surface area contributed by atoms with Crippen LogP contribution < -0.4 is 0 Å². The fraction of sp³-hybridized carbons (Fsp3) is 0.500. The summed E-state index contributed by atoms with van der Waals surface area (Å²) in [4.78, 5) is 6.34. The Balaban J connectivity index is 1.87. The molecule has 1 aliphatic heterocycles. The summed E-state index contributed by atoms with van der Waals surface area (Å²) in [6.07, 6.45) is 4.57. The lowest BCUT2D eigenvalue weighted by Crippen LogP contribution is -2.28. The fourth-order valence-electron chi connectivity index (χ4n) is 1.65. The Morgan fingerprint density at radius 3 is 3.12 bits per heavy atom. The van der Waals surface area contributed by atoms with Gasteiger partial charge in [-0.25, -0.2) is 0 Å². The van der Waals surface area contributed by atoms with Gasteiger partial charge in [-0.1, -0.05) is 6.07 Å². The van der Waals surface area contributed by atoms with Gasteiger partial charge in [0.25, 0.3) is 0 Å². The van der Waals surface area contributed by atoms with Gasteiger partial charge in [0.1, 0.15) is 0 Å². The smallest absolute Gasteiger partial charge is 0.0936 e. The average molecular weight is 217 g/mol. The first-order valence-electron chi connectivity index (χ1n) is 5.48. The van der Waals surface area contributed by atoms with Gasteiger partial charge in [0.05, 0.1) is 18.8 Å². The SMILES string of the molecule is N#CCCN(Cc1cccnc1)CC1CO1. The lowest BCUT2D eigenvalue weighted by atomic mass is 10.2. The summed E-state index contributed by atoms with van der Waals surface area (Å²) in [6.45, 7) is 3.41. The highest BCUT2D eigenvalue weighted by molar-refractivity contribution is 5.08. The molecule has 1 aliphatic rings. The van der Waals surface area contributed by atoms with Crippen LogP contribution in [-0.2, 0) is 11.3 Å². The number of ether oxygens (including phenoxy) is 1. The van der Waals surface area contributed by atoms with Crippen LogP contribution in [0.5, 0.6) is 0 Å². The zero-order valence-electron chi connectivity index (χ0n) is 9.17. The molecule has 0 bridgehead atoms. The molecular formula is C12H15N3O. The third kappa shape index (κ3) is 3.61. The molecular weight excluding hydrogens is 202 g/mol. The van der Waals surface area contributed by atoms with Crippen LogP contribution in [0.25, 0.3) is 0 Å². The van der Waals surface area contributed by atoms with Gasteiger partial charge < -0.3 is 4.74 Å². The predicted molar refractivity (Wildman–Crippen MR) is 59.5 cm³/mol. The molecule has 0 N–H and O–H groups in total. The van der Waals surface area contributed by atoms with Crippen molar-refractivity contribution in [2.45, 2.75) is 19.1 Å². The van der Waals surface area contributed by atoms with E-state index in [1.54, 1.807) is 6.20 Å². The van der Waals surface area contributed by atoms with Crippen LogP contribution in [0.2, 0.25) is 0 Å². The van der Waals surface area contributed by atoms with E-state index in [1.165, 1.54) is 5.56 Å². The van der Waals surface area contributed by atoms with Crippen molar-refractivity contribution in [2.75, 3.05) is 19.7 Å². The van der Waals surface area contributed by atoms with E-state index in [9.17, 15) is 0 Å². The van der Waals surface area contributed by atoms with E-state index in [2.05, 4.69) is 22.0 Å². The number of pyridine rings is 1. The summed E-state index contributed by atoms with van der Waals surface area (Å²) in [6, 6.07) is 6.17. The maximum absolute atomic E-state index is 8.61. The van der Waals surface area contributed by atoms with Gasteiger partial charge in [0.2, 0.25) is 0 Å². The monoisotopic (exact) mass is 217 g/mol. The molecule has 1 unspecified atom stereocenters. The minimum absolute atomic E-state index is 0.371. The quantitative estimate of drug-likeness (QED) is 0.672. The first-order valence-corrected chi connectivity index (χ1v) is 5.48. The summed E-state index contributed by atoms with van der Waals surface area (Å²) >= 11 is 0. The summed E-state index contributed by atoms with van der Waals surface area (Å²) in [5.41, 5.74) is 1.18. The topological polar surface area (TPSA) is 52.5 Å². The largest absolute Gasteiger partial charge is 0.372 e. The van der Waals surface area contributed by atoms with Crippen molar-refractivity contribution >= 4 is 0 Å². The van der Waals surface area contributed by atoms with Crippen molar-refractivity contribution in [3.05, 3.63) is 30.1 Å². The Hall–Kier alpha value is -1.44. The predicted octanol–water partition coefficient (Wildman–Crippen LogP) is 1.20. The molecule has 16 heavy (non-hydrogen) atoms. The molecule has 2 rings (SSSR count). The van der Waals surface area contributed by atoms with Crippen molar-refractivity contribution in [2.24, 2.45) is 0 Å². The second kappa shape index (κ2) is 5.59. The lowest BCUT2D eigenvalue weighted by molar-refractivity contribution is 0.239. The highest BCUT2D eigenvalue weighted by Gasteiger charge is 2.25. The summed E-state index contributed by atoms with van der Waals surface area (Å²) in [5.74, 6) is 0. The van der Waals surface area contributed by atoms with E-state index in [4.69, 9.17) is 10.00 Å². The third-order valence-corrected chi connectivity index (χ3v) is 2.53. The Bertz CT molecular complexity index is 356. The van der Waals surface area contributed by atoms with Crippen LogP contribution in [-0.4, -0.2) is 35.7 Å². The van der Waals surface area contributed by atoms with Crippen molar-refractivity contribution in [3.8, 4) is 6.07 Å². The number of rotatable bonds is 6. The molecule has 1 fully saturated rings. The molecule has 0 aliphatic carbocycles. The lowest BCUT2D eigenvalue weighted by Gasteiger charge is -2.19. The summed E-state index contributed by atoms with van der Waals surface area (Å²) in [7, 11) is 0. The molecule has 0 radical (unpaired) electrons. The van der Waals surface area contributed by atoms with Gasteiger partial charge in [-0.2, -0.15) is 5.26 Å². The van der Waals surface area contributed by atoms with E-state index < -0.39 is 0 Å². The van der Waals surface area contributed by atoms with Crippen LogP contribution in [0.4, 0.5) is 0 Å². The van der Waals surface area contributed by atoms with Crippen LogP contribution >= 0.6 is 0 Å². The molecule has 84 valence electrons. The highest BCUT2D eigenvalue weighted by atomic mass is 16.6. The van der Waals surface area contributed by atoms with E-state index in [-0.39, 0.29) is 0 Å². The molecule has 4 nitrogen and oxygen atoms in total. The van der Waals surface area contributed by atoms with E-state index in [0.29, 0.717) is 12.5 Å². The molecule has 4 heteroatoms. The minimum Gasteiger partial charge on any atom is -0.372 e. The molecule has 1 atom stereocenters. The van der Waals surface area contributed by atoms with Gasteiger partial charge in [-0.05, 0) is 11.6 Å². The number of hydrogen-bond acceptors (Lipinski definition) is 4. The Kier molecular flexibility index (Phi) is 3.86. The molecule has 0 spiro atoms. The number of nitriles is 1. The van der Waals surface area contributed by atoms with Crippen molar-refractivity contribution < 1.29 is 4.74 Å². The second-order valence-corrected chi connectivity index (χ2v) is 3.96. The van der Waals surface area contributed by atoms with Gasteiger partial charge in [-0.15, -0.1) is 0 Å². The van der Waals surface area contributed by atoms with Crippen molar-refractivity contribution in [1.29, 1.82) is 5.26 Å². The molecule has 1 aromatic heterocycles. The summed E-state index contributed by atoms with van der Waals surface area (Å²) < 4.78 is 5.22. The molecule has 0 aromatic carbocycles. The molecule has 0 amide bonds. The minimum atomic E-state index is 0.371. The molecule has 2 heterocycles. The number of epoxide rings is 1. The van der Waals surface area contributed by atoms with Crippen molar-refractivity contribution in [1.82, 2.24) is 9.88 Å². The van der Waals surface area contributed by atoms with Crippen LogP contribution in [0, 0.1) is 11.3 Å². The third-order valence-electron chi connectivity index (χ3n) is 2.53. The van der Waals surface area contributed by atoms with Gasteiger partial charge >= 0.3 is 0 Å². The molecule has 1 saturated heterocycles. The zero-order chi connectivity index (χ0) is 11.2. The zero-order valence-corrected chi connectivity index (χ0v) is 9.17. The maximum Gasteiger partial charge on any atom is 0.0936 e. The molecule has 1 aromatic rings. The van der Waals surface area contributed by atoms with Gasteiger partial charge in [-0.3, -0.25) is 9.88 Å². The number of nitrogens with zero attached hydrogens (tertiary/aromatic N) is 3. The van der Waals surface area contributed by atoms with E-state index in [0.717, 1.165) is 26.2 Å². The first-order chi connectivity index (χ1) is 7.88. The van der Waals surface area contributed by atoms with Crippen molar-refractivity contribution in [3.63, 3.8) is 0 Å². The van der Waals surface area contributed by atoms with E-state index >= 15 is 0 Å². The Morgan fingerprint density at radius 1 is 1.62 bits per heavy atom. The van der Waals surface area contributed by atoms with E-state index in [1.807, 2.05) is 12.3 Å². The second-order valence-electron chi connectivity index (χ2n) is 3.96. The Morgan fingerprint density at radius 2 is 2.50 bits per heavy atom. The first kappa shape index (κ1) is 11.1. The maximum atomic E-state index is 8.61. The van der Waals surface area contributed by atoms with Gasteiger partial charge in [0.15, 0.2) is 0 Å². The van der Waals surface area contributed by atoms with Crippen LogP contribution in [0.1, 0.15) is 12.0 Å². The highest BCUT2D eigenvalue weighted by Crippen LogP contribution is 2.13.